The Hall–Kier alpha value is -0.630. The monoisotopic (exact) mass is 237 g/mol. The molecule has 1 N–H and O–H groups in total. The minimum Gasteiger partial charge on any atom is -0.315 e. The van der Waals surface area contributed by atoms with Gasteiger partial charge in [-0.05, 0) is 44.2 Å². The quantitative estimate of drug-likeness (QED) is 0.715. The maximum atomic E-state index is 12.0. The fraction of sp³-hybridized carbons (Fsp3) is 0.800. The molecule has 0 atom stereocenters. The fourth-order valence-corrected chi connectivity index (χ4v) is 2.25. The lowest BCUT2D eigenvalue weighted by atomic mass is 9.95. The molecule has 2 nitrogen and oxygen atoms in total. The molecule has 0 aliphatic heterocycles. The van der Waals surface area contributed by atoms with Crippen molar-refractivity contribution in [3.63, 3.8) is 0 Å². The van der Waals surface area contributed by atoms with E-state index in [1.54, 1.807) is 0 Å². The number of carbonyl (C=O) groups excluding carboxylic acids is 1. The predicted octanol–water partition coefficient (Wildman–Crippen LogP) is 3.61. The van der Waals surface area contributed by atoms with Crippen molar-refractivity contribution in [1.29, 1.82) is 0 Å². The summed E-state index contributed by atoms with van der Waals surface area (Å²) >= 11 is 0. The highest BCUT2D eigenvalue weighted by Gasteiger charge is 2.10. The Kier molecular flexibility index (Phi) is 7.18. The van der Waals surface area contributed by atoms with Crippen LogP contribution >= 0.6 is 0 Å². The summed E-state index contributed by atoms with van der Waals surface area (Å²) in [6.07, 6.45) is 11.1. The number of carbonyl (C=O) groups is 1. The molecule has 98 valence electrons. The van der Waals surface area contributed by atoms with Crippen molar-refractivity contribution in [2.45, 2.75) is 71.3 Å². The number of allylic oxidation sites excluding steroid dienone is 2. The second-order valence-electron chi connectivity index (χ2n) is 5.32. The molecule has 17 heavy (non-hydrogen) atoms. The molecule has 0 saturated carbocycles. The second kappa shape index (κ2) is 8.46. The number of nitrogens with one attached hydrogen (secondary N) is 1. The van der Waals surface area contributed by atoms with Crippen molar-refractivity contribution in [1.82, 2.24) is 5.32 Å². The van der Waals surface area contributed by atoms with Crippen LogP contribution in [0.15, 0.2) is 11.6 Å². The maximum absolute atomic E-state index is 12.0. The highest BCUT2D eigenvalue weighted by Crippen LogP contribution is 2.18. The van der Waals surface area contributed by atoms with Gasteiger partial charge in [0.1, 0.15) is 0 Å². The van der Waals surface area contributed by atoms with Crippen LogP contribution in [0.25, 0.3) is 0 Å². The number of ketones is 1. The zero-order valence-electron chi connectivity index (χ0n) is 11.4. The molecular weight excluding hydrogens is 210 g/mol. The minimum atomic E-state index is 0.387. The van der Waals surface area contributed by atoms with Gasteiger partial charge >= 0.3 is 0 Å². The first-order valence-electron chi connectivity index (χ1n) is 7.16. The fourth-order valence-electron chi connectivity index (χ4n) is 2.25. The van der Waals surface area contributed by atoms with Gasteiger partial charge in [-0.2, -0.15) is 0 Å². The molecular formula is C15H27NO. The largest absolute Gasteiger partial charge is 0.315 e. The third-order valence-electron chi connectivity index (χ3n) is 3.28. The summed E-state index contributed by atoms with van der Waals surface area (Å²) < 4.78 is 0. The molecule has 0 amide bonds. The molecule has 0 aromatic heterocycles. The van der Waals surface area contributed by atoms with Crippen LogP contribution in [0, 0.1) is 0 Å². The summed E-state index contributed by atoms with van der Waals surface area (Å²) in [5.41, 5.74) is 1.11. The number of Topliss-reactive ketones (excluding diaryl/α,β-unsaturated/α-hetero) is 1. The first-order chi connectivity index (χ1) is 8.20. The van der Waals surface area contributed by atoms with Crippen LogP contribution in [0.1, 0.15) is 65.2 Å². The van der Waals surface area contributed by atoms with Gasteiger partial charge in [-0.3, -0.25) is 4.79 Å². The van der Waals surface area contributed by atoms with E-state index in [0.717, 1.165) is 31.4 Å². The molecule has 0 unspecified atom stereocenters. The lowest BCUT2D eigenvalue weighted by Crippen LogP contribution is -2.24. The van der Waals surface area contributed by atoms with Crippen molar-refractivity contribution in [2.75, 3.05) is 6.54 Å². The molecule has 1 aliphatic carbocycles. The standard InChI is InChI=1S/C15H27NO/c1-13(2)16-12-8-11-15(17)14-9-6-4-3-5-7-10-14/h9,13,16H,3-8,10-12H2,1-2H3. The van der Waals surface area contributed by atoms with Crippen molar-refractivity contribution in [3.8, 4) is 0 Å². The van der Waals surface area contributed by atoms with Gasteiger partial charge in [0.05, 0.1) is 0 Å². The van der Waals surface area contributed by atoms with E-state index in [4.69, 9.17) is 0 Å². The summed E-state index contributed by atoms with van der Waals surface area (Å²) in [6, 6.07) is 0.519. The van der Waals surface area contributed by atoms with Gasteiger partial charge in [0.25, 0.3) is 0 Å². The average Bonchev–Trinajstić information content (AvgIpc) is 2.23. The molecule has 0 aromatic carbocycles. The Morgan fingerprint density at radius 2 is 2.06 bits per heavy atom. The summed E-state index contributed by atoms with van der Waals surface area (Å²) in [7, 11) is 0. The molecule has 0 saturated heterocycles. The lowest BCUT2D eigenvalue weighted by molar-refractivity contribution is -0.115. The van der Waals surface area contributed by atoms with Gasteiger partial charge in [-0.25, -0.2) is 0 Å². The molecule has 2 heteroatoms. The van der Waals surface area contributed by atoms with Gasteiger partial charge < -0.3 is 5.32 Å². The number of hydrogen-bond acceptors (Lipinski definition) is 2. The molecule has 0 fully saturated rings. The molecule has 0 radical (unpaired) electrons. The molecule has 0 aromatic rings. The van der Waals surface area contributed by atoms with E-state index >= 15 is 0 Å². The number of hydrogen-bond donors (Lipinski definition) is 1. The Bertz CT molecular complexity index is 256. The summed E-state index contributed by atoms with van der Waals surface area (Å²) in [5, 5.41) is 3.35. The summed E-state index contributed by atoms with van der Waals surface area (Å²) in [4.78, 5) is 12.0. The van der Waals surface area contributed by atoms with Crippen molar-refractivity contribution >= 4 is 5.78 Å². The second-order valence-corrected chi connectivity index (χ2v) is 5.32. The van der Waals surface area contributed by atoms with E-state index in [9.17, 15) is 4.79 Å². The number of rotatable bonds is 6. The van der Waals surface area contributed by atoms with Crippen LogP contribution in [-0.2, 0) is 4.79 Å². The highest BCUT2D eigenvalue weighted by atomic mass is 16.1. The lowest BCUT2D eigenvalue weighted by Gasteiger charge is -2.11. The third kappa shape index (κ3) is 6.62. The van der Waals surface area contributed by atoms with E-state index < -0.39 is 0 Å². The Labute approximate surface area is 106 Å². The van der Waals surface area contributed by atoms with E-state index in [2.05, 4.69) is 25.2 Å². The van der Waals surface area contributed by atoms with E-state index in [-0.39, 0.29) is 0 Å². The van der Waals surface area contributed by atoms with E-state index in [1.807, 2.05) is 0 Å². The van der Waals surface area contributed by atoms with Crippen LogP contribution in [0.4, 0.5) is 0 Å². The van der Waals surface area contributed by atoms with Crippen molar-refractivity contribution < 1.29 is 4.79 Å². The average molecular weight is 237 g/mol. The van der Waals surface area contributed by atoms with E-state index in [1.165, 1.54) is 25.7 Å². The Morgan fingerprint density at radius 1 is 1.29 bits per heavy atom. The first kappa shape index (κ1) is 14.4. The van der Waals surface area contributed by atoms with Crippen LogP contribution in [0.5, 0.6) is 0 Å². The van der Waals surface area contributed by atoms with Gasteiger partial charge in [0, 0.05) is 12.5 Å². The molecule has 1 rings (SSSR count). The molecule has 1 aliphatic rings. The van der Waals surface area contributed by atoms with Gasteiger partial charge in [0.2, 0.25) is 0 Å². The van der Waals surface area contributed by atoms with Crippen LogP contribution in [0.2, 0.25) is 0 Å². The maximum Gasteiger partial charge on any atom is 0.158 e. The Balaban J connectivity index is 2.25. The predicted molar refractivity (Wildman–Crippen MR) is 73.2 cm³/mol. The normalized spacial score (nSPS) is 17.5. The van der Waals surface area contributed by atoms with Crippen LogP contribution in [-0.4, -0.2) is 18.4 Å². The molecule has 0 heterocycles. The van der Waals surface area contributed by atoms with E-state index in [0.29, 0.717) is 18.2 Å². The smallest absolute Gasteiger partial charge is 0.158 e. The van der Waals surface area contributed by atoms with Gasteiger partial charge in [0.15, 0.2) is 5.78 Å². The zero-order valence-corrected chi connectivity index (χ0v) is 11.4. The van der Waals surface area contributed by atoms with Gasteiger partial charge in [-0.1, -0.05) is 32.8 Å². The first-order valence-corrected chi connectivity index (χ1v) is 7.16. The minimum absolute atomic E-state index is 0.387. The zero-order chi connectivity index (χ0) is 12.5. The van der Waals surface area contributed by atoms with Crippen molar-refractivity contribution in [3.05, 3.63) is 11.6 Å². The molecule has 0 spiro atoms. The summed E-state index contributed by atoms with van der Waals surface area (Å²) in [6.45, 7) is 5.23. The van der Waals surface area contributed by atoms with Crippen molar-refractivity contribution in [2.24, 2.45) is 0 Å². The van der Waals surface area contributed by atoms with Crippen LogP contribution < -0.4 is 5.32 Å². The SMILES string of the molecule is CC(C)NCCCC(=O)C1=CCCCCCC1. The van der Waals surface area contributed by atoms with Crippen LogP contribution in [0.3, 0.4) is 0 Å². The molecule has 0 bridgehead atoms. The Morgan fingerprint density at radius 3 is 2.82 bits per heavy atom. The topological polar surface area (TPSA) is 29.1 Å². The summed E-state index contributed by atoms with van der Waals surface area (Å²) in [5.74, 6) is 0.387. The third-order valence-corrected chi connectivity index (χ3v) is 3.28. The highest BCUT2D eigenvalue weighted by molar-refractivity contribution is 5.95. The van der Waals surface area contributed by atoms with Gasteiger partial charge in [-0.15, -0.1) is 0 Å².